The maximum atomic E-state index is 13.2. The summed E-state index contributed by atoms with van der Waals surface area (Å²) >= 11 is 1.60. The van der Waals surface area contributed by atoms with Crippen LogP contribution in [0.5, 0.6) is 0 Å². The van der Waals surface area contributed by atoms with Crippen LogP contribution in [0.1, 0.15) is 36.4 Å². The van der Waals surface area contributed by atoms with E-state index in [4.69, 9.17) is 0 Å². The predicted molar refractivity (Wildman–Crippen MR) is 125 cm³/mol. The molecule has 1 aromatic heterocycles. The fourth-order valence-electron chi connectivity index (χ4n) is 3.78. The average molecular weight is 473 g/mol. The van der Waals surface area contributed by atoms with Gasteiger partial charge in [0.15, 0.2) is 0 Å². The maximum absolute atomic E-state index is 13.2. The van der Waals surface area contributed by atoms with Crippen molar-refractivity contribution in [3.63, 3.8) is 0 Å². The van der Waals surface area contributed by atoms with E-state index < -0.39 is 14.9 Å². The number of aryl methyl sites for hydroxylation is 1. The van der Waals surface area contributed by atoms with Crippen LogP contribution in [0.25, 0.3) is 11.3 Å². The number of hydrogen-bond acceptors (Lipinski definition) is 7. The lowest BCUT2D eigenvalue weighted by Gasteiger charge is -2.21. The molecule has 168 valence electrons. The Hall–Kier alpha value is -2.82. The van der Waals surface area contributed by atoms with Crippen LogP contribution in [0.2, 0.25) is 0 Å². The van der Waals surface area contributed by atoms with Crippen LogP contribution in [0.15, 0.2) is 52.7 Å². The van der Waals surface area contributed by atoms with Crippen molar-refractivity contribution in [2.45, 2.75) is 37.6 Å². The van der Waals surface area contributed by atoms with E-state index in [-0.39, 0.29) is 16.6 Å². The molecular formula is C22H24N4O4S2. The Balaban J connectivity index is 1.62. The first-order chi connectivity index (χ1) is 15.3. The molecule has 32 heavy (non-hydrogen) atoms. The predicted octanol–water partition coefficient (Wildman–Crippen LogP) is 4.98. The third-order valence-corrected chi connectivity index (χ3v) is 8.27. The highest BCUT2D eigenvalue weighted by molar-refractivity contribution is 7.89. The Bertz CT molecular complexity index is 1230. The number of rotatable bonds is 7. The Labute approximate surface area is 191 Å². The second-order valence-electron chi connectivity index (χ2n) is 7.79. The molecule has 1 aliphatic heterocycles. The molecule has 1 fully saturated rings. The number of nitro groups is 1. The van der Waals surface area contributed by atoms with Gasteiger partial charge in [-0.05, 0) is 38.3 Å². The van der Waals surface area contributed by atoms with E-state index in [1.54, 1.807) is 11.3 Å². The van der Waals surface area contributed by atoms with Crippen LogP contribution >= 0.6 is 11.3 Å². The molecule has 1 saturated heterocycles. The van der Waals surface area contributed by atoms with Crippen LogP contribution < -0.4 is 5.32 Å². The normalized spacial score (nSPS) is 15.6. The molecule has 2 aromatic carbocycles. The van der Waals surface area contributed by atoms with Gasteiger partial charge in [-0.25, -0.2) is 13.4 Å². The van der Waals surface area contributed by atoms with E-state index >= 15 is 0 Å². The van der Waals surface area contributed by atoms with E-state index in [0.29, 0.717) is 18.8 Å². The molecule has 0 saturated carbocycles. The van der Waals surface area contributed by atoms with Crippen molar-refractivity contribution in [3.8, 4) is 11.3 Å². The average Bonchev–Trinajstić information content (AvgIpc) is 3.46. The van der Waals surface area contributed by atoms with Gasteiger partial charge in [0.25, 0.3) is 5.69 Å². The van der Waals surface area contributed by atoms with E-state index in [9.17, 15) is 18.5 Å². The Morgan fingerprint density at radius 3 is 2.44 bits per heavy atom. The van der Waals surface area contributed by atoms with E-state index in [1.165, 1.54) is 16.4 Å². The molecule has 0 unspecified atom stereocenters. The zero-order chi connectivity index (χ0) is 22.9. The van der Waals surface area contributed by atoms with Crippen molar-refractivity contribution in [3.05, 3.63) is 68.5 Å². The summed E-state index contributed by atoms with van der Waals surface area (Å²) in [6.07, 6.45) is 1.58. The van der Waals surface area contributed by atoms with Crippen molar-refractivity contribution >= 4 is 32.7 Å². The highest BCUT2D eigenvalue weighted by atomic mass is 32.2. The van der Waals surface area contributed by atoms with Crippen LogP contribution in [0.4, 0.5) is 11.4 Å². The number of sulfonamides is 1. The number of benzene rings is 2. The van der Waals surface area contributed by atoms with Crippen molar-refractivity contribution in [1.82, 2.24) is 9.29 Å². The zero-order valence-electron chi connectivity index (χ0n) is 17.8. The van der Waals surface area contributed by atoms with Gasteiger partial charge in [-0.1, -0.05) is 24.3 Å². The molecule has 0 radical (unpaired) electrons. The van der Waals surface area contributed by atoms with Crippen LogP contribution in [-0.2, 0) is 10.0 Å². The summed E-state index contributed by atoms with van der Waals surface area (Å²) < 4.78 is 27.8. The number of aromatic nitrogens is 1. The Morgan fingerprint density at radius 1 is 1.16 bits per heavy atom. The minimum absolute atomic E-state index is 0.0602. The number of nitrogens with zero attached hydrogens (tertiary/aromatic N) is 3. The molecule has 0 amide bonds. The van der Waals surface area contributed by atoms with Gasteiger partial charge in [0, 0.05) is 42.2 Å². The summed E-state index contributed by atoms with van der Waals surface area (Å²) in [7, 11) is -3.83. The second-order valence-corrected chi connectivity index (χ2v) is 10.8. The lowest BCUT2D eigenvalue weighted by Crippen LogP contribution is -2.28. The van der Waals surface area contributed by atoms with E-state index in [1.807, 2.05) is 43.5 Å². The zero-order valence-corrected chi connectivity index (χ0v) is 19.4. The second kappa shape index (κ2) is 8.97. The highest BCUT2D eigenvalue weighted by Gasteiger charge is 2.31. The van der Waals surface area contributed by atoms with Gasteiger partial charge in [0.05, 0.1) is 21.3 Å². The third kappa shape index (κ3) is 4.52. The van der Waals surface area contributed by atoms with Gasteiger partial charge < -0.3 is 5.32 Å². The smallest absolute Gasteiger partial charge is 0.270 e. The molecule has 3 aromatic rings. The molecule has 4 rings (SSSR count). The minimum Gasteiger partial charge on any atom is -0.377 e. The van der Waals surface area contributed by atoms with Crippen molar-refractivity contribution in [2.24, 2.45) is 0 Å². The quantitative estimate of drug-likeness (QED) is 0.384. The summed E-state index contributed by atoms with van der Waals surface area (Å²) in [5.41, 5.74) is 3.01. The molecule has 1 N–H and O–H groups in total. The van der Waals surface area contributed by atoms with E-state index in [0.717, 1.165) is 40.7 Å². The van der Waals surface area contributed by atoms with Crippen molar-refractivity contribution in [1.29, 1.82) is 0 Å². The largest absolute Gasteiger partial charge is 0.377 e. The SMILES string of the molecule is Cc1nc(-c2ccc([C@H](C)Nc3ccc([N+](=O)[O-])cc3S(=O)(=O)N3CCCC3)cc2)cs1. The van der Waals surface area contributed by atoms with Gasteiger partial charge in [-0.2, -0.15) is 4.31 Å². The van der Waals surface area contributed by atoms with Crippen LogP contribution in [0, 0.1) is 17.0 Å². The van der Waals surface area contributed by atoms with Crippen LogP contribution in [0.3, 0.4) is 0 Å². The molecular weight excluding hydrogens is 448 g/mol. The molecule has 2 heterocycles. The first kappa shape index (κ1) is 22.4. The fourth-order valence-corrected chi connectivity index (χ4v) is 6.09. The standard InChI is InChI=1S/C22H24N4O4S2/c1-15(17-5-7-18(8-6-17)21-14-31-16(2)24-21)23-20-10-9-19(26(27)28)13-22(20)32(29,30)25-11-3-4-12-25/h5-10,13-15,23H,3-4,11-12H2,1-2H3/t15-/m0/s1. The third-order valence-electron chi connectivity index (χ3n) is 5.56. The molecule has 1 atom stereocenters. The number of anilines is 1. The van der Waals surface area contributed by atoms with Gasteiger partial charge in [0.2, 0.25) is 10.0 Å². The minimum atomic E-state index is -3.83. The number of nitro benzene ring substituents is 1. The first-order valence-electron chi connectivity index (χ1n) is 10.3. The molecule has 8 nitrogen and oxygen atoms in total. The summed E-state index contributed by atoms with van der Waals surface area (Å²) in [6.45, 7) is 4.75. The van der Waals surface area contributed by atoms with Gasteiger partial charge in [-0.15, -0.1) is 11.3 Å². The summed E-state index contributed by atoms with van der Waals surface area (Å²) in [5.74, 6) is 0. The molecule has 0 aliphatic carbocycles. The molecule has 0 bridgehead atoms. The number of hydrogen-bond donors (Lipinski definition) is 1. The maximum Gasteiger partial charge on any atom is 0.270 e. The number of non-ortho nitro benzene ring substituents is 1. The number of nitrogens with one attached hydrogen (secondary N) is 1. The summed E-state index contributed by atoms with van der Waals surface area (Å²) in [6, 6.07) is 11.7. The molecule has 10 heteroatoms. The Morgan fingerprint density at radius 2 is 1.84 bits per heavy atom. The lowest BCUT2D eigenvalue weighted by molar-refractivity contribution is -0.385. The van der Waals surface area contributed by atoms with Gasteiger partial charge in [0.1, 0.15) is 4.90 Å². The molecule has 1 aliphatic rings. The molecule has 0 spiro atoms. The summed E-state index contributed by atoms with van der Waals surface area (Å²) in [5, 5.41) is 17.5. The first-order valence-corrected chi connectivity index (χ1v) is 12.7. The number of thiazole rings is 1. The Kier molecular flexibility index (Phi) is 6.27. The van der Waals surface area contributed by atoms with Gasteiger partial charge >= 0.3 is 0 Å². The van der Waals surface area contributed by atoms with Gasteiger partial charge in [-0.3, -0.25) is 10.1 Å². The fraction of sp³-hybridized carbons (Fsp3) is 0.318. The van der Waals surface area contributed by atoms with Crippen LogP contribution in [-0.4, -0.2) is 35.7 Å². The van der Waals surface area contributed by atoms with Crippen molar-refractivity contribution < 1.29 is 13.3 Å². The lowest BCUT2D eigenvalue weighted by atomic mass is 10.0. The monoisotopic (exact) mass is 472 g/mol. The topological polar surface area (TPSA) is 105 Å². The van der Waals surface area contributed by atoms with E-state index in [2.05, 4.69) is 10.3 Å². The summed E-state index contributed by atoms with van der Waals surface area (Å²) in [4.78, 5) is 15.1. The highest BCUT2D eigenvalue weighted by Crippen LogP contribution is 2.33. The van der Waals surface area contributed by atoms with Crippen molar-refractivity contribution in [2.75, 3.05) is 18.4 Å².